The third-order valence-corrected chi connectivity index (χ3v) is 7.34. The van der Waals surface area contributed by atoms with E-state index in [-0.39, 0.29) is 5.91 Å². The molecule has 0 radical (unpaired) electrons. The first-order chi connectivity index (χ1) is 14.2. The molecule has 2 nitrogen and oxygen atoms in total. The third kappa shape index (κ3) is 17.2. The summed E-state index contributed by atoms with van der Waals surface area (Å²) in [6.07, 6.45) is 23.5. The van der Waals surface area contributed by atoms with Crippen LogP contribution in [0.1, 0.15) is 157 Å². The fourth-order valence-electron chi connectivity index (χ4n) is 3.88. The highest BCUT2D eigenvalue weighted by atomic mass is 16.1. The largest absolute Gasteiger partial charge is 0.356 e. The van der Waals surface area contributed by atoms with Crippen molar-refractivity contribution in [2.24, 2.45) is 10.8 Å². The van der Waals surface area contributed by atoms with Gasteiger partial charge in [0.1, 0.15) is 0 Å². The van der Waals surface area contributed by atoms with Gasteiger partial charge in [-0.1, -0.05) is 131 Å². The van der Waals surface area contributed by atoms with Crippen LogP contribution in [-0.2, 0) is 4.79 Å². The maximum atomic E-state index is 12.0. The van der Waals surface area contributed by atoms with E-state index < -0.39 is 0 Å². The standard InChI is InChI=1S/C28H57NO/c1-7-8-9-10-11-12-13-14-15-16-17-18-19-20-21-23-26(30)29-25-22-24-28(5,6)27(2,3)4/h7-25H2,1-6H3,(H,29,30). The van der Waals surface area contributed by atoms with Crippen molar-refractivity contribution in [3.63, 3.8) is 0 Å². The summed E-state index contributed by atoms with van der Waals surface area (Å²) in [6, 6.07) is 0. The molecule has 0 aromatic heterocycles. The quantitative estimate of drug-likeness (QED) is 0.194. The number of nitrogens with one attached hydrogen (secondary N) is 1. The molecule has 180 valence electrons. The molecule has 0 heterocycles. The van der Waals surface area contributed by atoms with Crippen molar-refractivity contribution in [1.29, 1.82) is 0 Å². The number of carbonyl (C=O) groups is 1. The van der Waals surface area contributed by atoms with Gasteiger partial charge in [0.25, 0.3) is 0 Å². The van der Waals surface area contributed by atoms with E-state index in [2.05, 4.69) is 46.9 Å². The Kier molecular flexibility index (Phi) is 17.8. The van der Waals surface area contributed by atoms with Gasteiger partial charge in [-0.15, -0.1) is 0 Å². The zero-order valence-electron chi connectivity index (χ0n) is 21.8. The van der Waals surface area contributed by atoms with Crippen LogP contribution in [0.25, 0.3) is 0 Å². The molecule has 1 amide bonds. The second-order valence-electron chi connectivity index (χ2n) is 11.3. The number of carbonyl (C=O) groups excluding carboxylic acids is 1. The molecule has 0 aliphatic rings. The van der Waals surface area contributed by atoms with Gasteiger partial charge in [0, 0.05) is 13.0 Å². The van der Waals surface area contributed by atoms with Gasteiger partial charge in [-0.2, -0.15) is 0 Å². The average Bonchev–Trinajstić information content (AvgIpc) is 2.67. The predicted octanol–water partition coefficient (Wildman–Crippen LogP) is 9.22. The van der Waals surface area contributed by atoms with Gasteiger partial charge >= 0.3 is 0 Å². The molecule has 0 unspecified atom stereocenters. The van der Waals surface area contributed by atoms with Crippen LogP contribution in [0.15, 0.2) is 0 Å². The maximum Gasteiger partial charge on any atom is 0.219 e. The summed E-state index contributed by atoms with van der Waals surface area (Å²) in [7, 11) is 0. The molecule has 0 spiro atoms. The van der Waals surface area contributed by atoms with E-state index in [9.17, 15) is 4.79 Å². The third-order valence-electron chi connectivity index (χ3n) is 7.34. The number of amides is 1. The first kappa shape index (κ1) is 29.5. The molecule has 0 aromatic carbocycles. The van der Waals surface area contributed by atoms with Crippen LogP contribution in [0.4, 0.5) is 0 Å². The van der Waals surface area contributed by atoms with Crippen LogP contribution in [0.3, 0.4) is 0 Å². The molecule has 30 heavy (non-hydrogen) atoms. The van der Waals surface area contributed by atoms with Gasteiger partial charge in [0.05, 0.1) is 0 Å². The van der Waals surface area contributed by atoms with Gasteiger partial charge in [-0.05, 0) is 30.1 Å². The number of rotatable bonds is 20. The molecule has 0 rings (SSSR count). The van der Waals surface area contributed by atoms with Crippen LogP contribution >= 0.6 is 0 Å². The Balaban J connectivity index is 3.34. The summed E-state index contributed by atoms with van der Waals surface area (Å²) >= 11 is 0. The summed E-state index contributed by atoms with van der Waals surface area (Å²) in [6.45, 7) is 14.7. The summed E-state index contributed by atoms with van der Waals surface area (Å²) < 4.78 is 0. The summed E-state index contributed by atoms with van der Waals surface area (Å²) in [5.74, 6) is 0.248. The molecule has 0 aliphatic carbocycles. The molecular formula is C28H57NO. The minimum atomic E-state index is 0.248. The Hall–Kier alpha value is -0.530. The lowest BCUT2D eigenvalue weighted by Crippen LogP contribution is -2.31. The lowest BCUT2D eigenvalue weighted by Gasteiger charge is -2.39. The lowest BCUT2D eigenvalue weighted by atomic mass is 9.67. The lowest BCUT2D eigenvalue weighted by molar-refractivity contribution is -0.121. The molecule has 0 saturated carbocycles. The van der Waals surface area contributed by atoms with Gasteiger partial charge in [0.15, 0.2) is 0 Å². The SMILES string of the molecule is CCCCCCCCCCCCCCCCCC(=O)NCCCC(C)(C)C(C)(C)C. The monoisotopic (exact) mass is 423 g/mol. The molecule has 1 N–H and O–H groups in total. The Morgan fingerprint density at radius 2 is 1.00 bits per heavy atom. The number of hydrogen-bond donors (Lipinski definition) is 1. The molecule has 2 heteroatoms. The Morgan fingerprint density at radius 3 is 1.40 bits per heavy atom. The van der Waals surface area contributed by atoms with E-state index in [1.165, 1.54) is 89.9 Å². The Morgan fingerprint density at radius 1 is 0.600 bits per heavy atom. The second-order valence-corrected chi connectivity index (χ2v) is 11.3. The summed E-state index contributed by atoms with van der Waals surface area (Å²) in [5.41, 5.74) is 0.622. The normalized spacial score (nSPS) is 12.3. The van der Waals surface area contributed by atoms with Crippen molar-refractivity contribution in [2.75, 3.05) is 6.54 Å². The van der Waals surface area contributed by atoms with Gasteiger partial charge in [0.2, 0.25) is 5.91 Å². The van der Waals surface area contributed by atoms with E-state index >= 15 is 0 Å². The van der Waals surface area contributed by atoms with Gasteiger partial charge < -0.3 is 5.32 Å². The fourth-order valence-corrected chi connectivity index (χ4v) is 3.88. The summed E-state index contributed by atoms with van der Waals surface area (Å²) in [5, 5.41) is 3.12. The van der Waals surface area contributed by atoms with E-state index in [0.717, 1.165) is 25.8 Å². The van der Waals surface area contributed by atoms with Crippen molar-refractivity contribution >= 4 is 5.91 Å². The van der Waals surface area contributed by atoms with Gasteiger partial charge in [-0.3, -0.25) is 4.79 Å². The summed E-state index contributed by atoms with van der Waals surface area (Å²) in [4.78, 5) is 12.0. The molecule has 0 atom stereocenters. The minimum absolute atomic E-state index is 0.248. The molecule has 0 aliphatic heterocycles. The second kappa shape index (κ2) is 18.1. The topological polar surface area (TPSA) is 29.1 Å². The van der Waals surface area contributed by atoms with E-state index in [1.807, 2.05) is 0 Å². The maximum absolute atomic E-state index is 12.0. The fraction of sp³-hybridized carbons (Fsp3) is 0.964. The van der Waals surface area contributed by atoms with E-state index in [4.69, 9.17) is 0 Å². The van der Waals surface area contributed by atoms with Crippen LogP contribution in [-0.4, -0.2) is 12.5 Å². The van der Waals surface area contributed by atoms with Crippen LogP contribution in [0, 0.1) is 10.8 Å². The Bertz CT molecular complexity index is 394. The average molecular weight is 424 g/mol. The van der Waals surface area contributed by atoms with Crippen molar-refractivity contribution in [2.45, 2.75) is 157 Å². The first-order valence-electron chi connectivity index (χ1n) is 13.5. The molecular weight excluding hydrogens is 366 g/mol. The van der Waals surface area contributed by atoms with E-state index in [0.29, 0.717) is 17.3 Å². The zero-order chi connectivity index (χ0) is 22.7. The highest BCUT2D eigenvalue weighted by molar-refractivity contribution is 5.75. The Labute approximate surface area is 190 Å². The molecule has 0 bridgehead atoms. The first-order valence-corrected chi connectivity index (χ1v) is 13.5. The molecule has 0 saturated heterocycles. The zero-order valence-corrected chi connectivity index (χ0v) is 21.8. The predicted molar refractivity (Wildman–Crippen MR) is 135 cm³/mol. The molecule has 0 aromatic rings. The minimum Gasteiger partial charge on any atom is -0.356 e. The highest BCUT2D eigenvalue weighted by Gasteiger charge is 2.31. The van der Waals surface area contributed by atoms with Crippen molar-refractivity contribution in [1.82, 2.24) is 5.32 Å². The van der Waals surface area contributed by atoms with Crippen molar-refractivity contribution < 1.29 is 4.79 Å². The smallest absolute Gasteiger partial charge is 0.219 e. The van der Waals surface area contributed by atoms with Crippen LogP contribution in [0.5, 0.6) is 0 Å². The number of unbranched alkanes of at least 4 members (excludes halogenated alkanes) is 14. The van der Waals surface area contributed by atoms with Crippen LogP contribution in [0.2, 0.25) is 0 Å². The number of hydrogen-bond acceptors (Lipinski definition) is 1. The van der Waals surface area contributed by atoms with Crippen molar-refractivity contribution in [3.8, 4) is 0 Å². The van der Waals surface area contributed by atoms with Crippen LogP contribution < -0.4 is 5.32 Å². The molecule has 0 fully saturated rings. The van der Waals surface area contributed by atoms with Crippen molar-refractivity contribution in [3.05, 3.63) is 0 Å². The van der Waals surface area contributed by atoms with E-state index in [1.54, 1.807) is 0 Å². The van der Waals surface area contributed by atoms with Gasteiger partial charge in [-0.25, -0.2) is 0 Å². The highest BCUT2D eigenvalue weighted by Crippen LogP contribution is 2.41.